The van der Waals surface area contributed by atoms with Gasteiger partial charge in [-0.15, -0.1) is 6.58 Å². The van der Waals surface area contributed by atoms with Gasteiger partial charge in [0.25, 0.3) is 5.91 Å². The van der Waals surface area contributed by atoms with Gasteiger partial charge in [0, 0.05) is 6.54 Å². The summed E-state index contributed by atoms with van der Waals surface area (Å²) in [5.41, 5.74) is 2.02. The van der Waals surface area contributed by atoms with E-state index in [1.807, 2.05) is 19.9 Å². The summed E-state index contributed by atoms with van der Waals surface area (Å²) in [6, 6.07) is 9.49. The third-order valence-corrected chi connectivity index (χ3v) is 5.05. The Hall–Kier alpha value is -3.54. The first-order valence-electron chi connectivity index (χ1n) is 9.41. The maximum absolute atomic E-state index is 13.4. The largest absolute Gasteiger partial charge is 0.504 e. The van der Waals surface area contributed by atoms with Crippen LogP contribution in [0.1, 0.15) is 40.2 Å². The van der Waals surface area contributed by atoms with Crippen molar-refractivity contribution in [3.8, 4) is 11.5 Å². The molecule has 1 aromatic heterocycles. The number of aryl methyl sites for hydroxylation is 1. The fourth-order valence-corrected chi connectivity index (χ4v) is 3.78. The number of amides is 1. The molecule has 1 amide bonds. The maximum atomic E-state index is 13.4. The molecule has 0 aliphatic carbocycles. The molecule has 0 fully saturated rings. The van der Waals surface area contributed by atoms with Crippen molar-refractivity contribution in [2.24, 2.45) is 0 Å². The molecule has 148 valence electrons. The highest BCUT2D eigenvalue weighted by atomic mass is 16.5. The van der Waals surface area contributed by atoms with Gasteiger partial charge in [-0.3, -0.25) is 9.59 Å². The summed E-state index contributed by atoms with van der Waals surface area (Å²) >= 11 is 0. The Morgan fingerprint density at radius 1 is 1.24 bits per heavy atom. The second-order valence-electron chi connectivity index (χ2n) is 6.98. The molecule has 0 saturated carbocycles. The van der Waals surface area contributed by atoms with E-state index in [0.717, 1.165) is 5.56 Å². The highest BCUT2D eigenvalue weighted by molar-refractivity contribution is 5.99. The van der Waals surface area contributed by atoms with E-state index in [0.29, 0.717) is 34.5 Å². The first kappa shape index (κ1) is 18.8. The van der Waals surface area contributed by atoms with Crippen LogP contribution in [0.3, 0.4) is 0 Å². The molecular formula is C23H21NO5. The molecule has 0 bridgehead atoms. The molecule has 1 atom stereocenters. The normalized spacial score (nSPS) is 15.6. The van der Waals surface area contributed by atoms with E-state index in [1.165, 1.54) is 11.0 Å². The molecule has 0 unspecified atom stereocenters. The lowest BCUT2D eigenvalue weighted by atomic mass is 9.97. The van der Waals surface area contributed by atoms with Gasteiger partial charge in [-0.2, -0.15) is 0 Å². The molecule has 1 aliphatic heterocycles. The maximum Gasteiger partial charge on any atom is 0.291 e. The lowest BCUT2D eigenvalue weighted by Crippen LogP contribution is -2.29. The smallest absolute Gasteiger partial charge is 0.291 e. The van der Waals surface area contributed by atoms with Gasteiger partial charge >= 0.3 is 0 Å². The Morgan fingerprint density at radius 2 is 2.03 bits per heavy atom. The van der Waals surface area contributed by atoms with E-state index in [-0.39, 0.29) is 29.4 Å². The zero-order chi connectivity index (χ0) is 20.7. The second-order valence-corrected chi connectivity index (χ2v) is 6.98. The Labute approximate surface area is 167 Å². The minimum atomic E-state index is -0.656. The molecule has 1 N–H and O–H groups in total. The van der Waals surface area contributed by atoms with Gasteiger partial charge < -0.3 is 19.2 Å². The quantitative estimate of drug-likeness (QED) is 0.667. The lowest BCUT2D eigenvalue weighted by molar-refractivity contribution is 0.0748. The van der Waals surface area contributed by atoms with Crippen molar-refractivity contribution in [3.63, 3.8) is 0 Å². The van der Waals surface area contributed by atoms with Crippen LogP contribution < -0.4 is 10.2 Å². The predicted octanol–water partition coefficient (Wildman–Crippen LogP) is 3.94. The van der Waals surface area contributed by atoms with Gasteiger partial charge in [-0.05, 0) is 43.7 Å². The van der Waals surface area contributed by atoms with Crippen molar-refractivity contribution in [2.75, 3.05) is 13.2 Å². The highest BCUT2D eigenvalue weighted by Gasteiger charge is 2.42. The molecule has 6 heteroatoms. The van der Waals surface area contributed by atoms with Gasteiger partial charge in [-0.25, -0.2) is 0 Å². The van der Waals surface area contributed by atoms with Crippen molar-refractivity contribution in [1.82, 2.24) is 4.90 Å². The lowest BCUT2D eigenvalue weighted by Gasteiger charge is -2.24. The number of fused-ring (bicyclic) bond motifs is 2. The molecule has 29 heavy (non-hydrogen) atoms. The summed E-state index contributed by atoms with van der Waals surface area (Å²) in [4.78, 5) is 28.0. The molecule has 2 heterocycles. The number of benzene rings is 2. The Kier molecular flexibility index (Phi) is 4.62. The van der Waals surface area contributed by atoms with E-state index in [4.69, 9.17) is 9.15 Å². The van der Waals surface area contributed by atoms with Crippen molar-refractivity contribution in [2.45, 2.75) is 19.9 Å². The van der Waals surface area contributed by atoms with Crippen LogP contribution in [0.15, 0.2) is 58.3 Å². The van der Waals surface area contributed by atoms with Crippen LogP contribution in [0.25, 0.3) is 11.0 Å². The topological polar surface area (TPSA) is 80.0 Å². The van der Waals surface area contributed by atoms with Crippen LogP contribution >= 0.6 is 0 Å². The molecule has 0 saturated heterocycles. The second kappa shape index (κ2) is 7.13. The average Bonchev–Trinajstić information content (AvgIpc) is 2.97. The van der Waals surface area contributed by atoms with Crippen molar-refractivity contribution >= 4 is 16.9 Å². The number of hydrogen-bond donors (Lipinski definition) is 1. The number of hydrogen-bond acceptors (Lipinski definition) is 5. The Morgan fingerprint density at radius 3 is 2.76 bits per heavy atom. The van der Waals surface area contributed by atoms with Crippen molar-refractivity contribution in [3.05, 3.63) is 81.7 Å². The highest BCUT2D eigenvalue weighted by Crippen LogP contribution is 2.40. The van der Waals surface area contributed by atoms with Gasteiger partial charge in [0.05, 0.1) is 23.6 Å². The summed E-state index contributed by atoms with van der Waals surface area (Å²) in [7, 11) is 0. The molecule has 0 radical (unpaired) electrons. The van der Waals surface area contributed by atoms with Gasteiger partial charge in [0.15, 0.2) is 16.9 Å². The van der Waals surface area contributed by atoms with Crippen LogP contribution in [0.2, 0.25) is 0 Å². The minimum Gasteiger partial charge on any atom is -0.504 e. The summed E-state index contributed by atoms with van der Waals surface area (Å²) in [6.07, 6.45) is 1.61. The molecule has 4 rings (SSSR count). The number of carbonyl (C=O) groups is 1. The van der Waals surface area contributed by atoms with Gasteiger partial charge in [0.2, 0.25) is 5.76 Å². The molecule has 0 spiro atoms. The van der Waals surface area contributed by atoms with Crippen LogP contribution in [0, 0.1) is 6.92 Å². The molecule has 1 aliphatic rings. The third-order valence-electron chi connectivity index (χ3n) is 5.05. The Balaban J connectivity index is 1.99. The number of phenols is 1. The molecule has 2 aromatic carbocycles. The number of rotatable bonds is 5. The van der Waals surface area contributed by atoms with Crippen LogP contribution in [-0.4, -0.2) is 29.1 Å². The van der Waals surface area contributed by atoms with Gasteiger partial charge in [-0.1, -0.05) is 23.8 Å². The summed E-state index contributed by atoms with van der Waals surface area (Å²) in [5, 5.41) is 10.5. The SMILES string of the molecule is C=CCN1C(=O)c2oc3ccc(C)cc3c(=O)c2[C@@H]1c1ccc(O)c(OCC)c1. The summed E-state index contributed by atoms with van der Waals surface area (Å²) in [5.74, 6) is -0.0261. The zero-order valence-corrected chi connectivity index (χ0v) is 16.3. The number of aromatic hydroxyl groups is 1. The fraction of sp³-hybridized carbons (Fsp3) is 0.217. The average molecular weight is 391 g/mol. The van der Waals surface area contributed by atoms with Crippen LogP contribution in [0.5, 0.6) is 11.5 Å². The first-order valence-corrected chi connectivity index (χ1v) is 9.41. The van der Waals surface area contributed by atoms with E-state index in [1.54, 1.807) is 30.3 Å². The molecule has 6 nitrogen and oxygen atoms in total. The van der Waals surface area contributed by atoms with Crippen LogP contribution in [-0.2, 0) is 0 Å². The predicted molar refractivity (Wildman–Crippen MR) is 110 cm³/mol. The van der Waals surface area contributed by atoms with E-state index in [9.17, 15) is 14.7 Å². The number of nitrogens with zero attached hydrogens (tertiary/aromatic N) is 1. The van der Waals surface area contributed by atoms with Gasteiger partial charge in [0.1, 0.15) is 5.58 Å². The van der Waals surface area contributed by atoms with E-state index in [2.05, 4.69) is 6.58 Å². The standard InChI is InChI=1S/C23H21NO5/c1-4-10-24-20(14-7-8-16(25)18(12-14)28-5-2)19-21(26)15-11-13(3)6-9-17(15)29-22(19)23(24)27/h4,6-9,11-12,20,25H,1,5,10H2,2-3H3/t20-/m0/s1. The number of phenolic OH excluding ortho intramolecular Hbond substituents is 1. The number of carbonyl (C=O) groups excluding carboxylic acids is 1. The van der Waals surface area contributed by atoms with Crippen LogP contribution in [0.4, 0.5) is 0 Å². The molecule has 3 aromatic rings. The first-order chi connectivity index (χ1) is 14.0. The fourth-order valence-electron chi connectivity index (χ4n) is 3.78. The summed E-state index contributed by atoms with van der Waals surface area (Å²) < 4.78 is 11.4. The zero-order valence-electron chi connectivity index (χ0n) is 16.3. The summed E-state index contributed by atoms with van der Waals surface area (Å²) in [6.45, 7) is 8.06. The third kappa shape index (κ3) is 2.97. The van der Waals surface area contributed by atoms with E-state index >= 15 is 0 Å². The van der Waals surface area contributed by atoms with Crippen molar-refractivity contribution < 1.29 is 19.1 Å². The monoisotopic (exact) mass is 391 g/mol. The molecular weight excluding hydrogens is 370 g/mol. The van der Waals surface area contributed by atoms with E-state index < -0.39 is 6.04 Å². The number of ether oxygens (including phenoxy) is 1. The van der Waals surface area contributed by atoms with Crippen molar-refractivity contribution in [1.29, 1.82) is 0 Å². The minimum absolute atomic E-state index is 0.00316. The Bertz CT molecular complexity index is 1190.